The molecule has 0 bridgehead atoms. The number of rotatable bonds is 4. The molecule has 1 aliphatic heterocycles. The molecule has 0 radical (unpaired) electrons. The minimum Gasteiger partial charge on any atom is -0.497 e. The molecule has 0 aliphatic carbocycles. The number of carbonyl (C=O) groups excluding carboxylic acids is 1. The SMILES string of the molecule is COc1ccc(-c2nc(-c3ccccc3)nc3c2CN(C(=O)c2ccc(C)cc2)CC3)cc1. The quantitative estimate of drug-likeness (QED) is 0.435. The van der Waals surface area contributed by atoms with E-state index in [2.05, 4.69) is 0 Å². The van der Waals surface area contributed by atoms with Crippen molar-refractivity contribution < 1.29 is 9.53 Å². The molecule has 0 fully saturated rings. The minimum absolute atomic E-state index is 0.0356. The van der Waals surface area contributed by atoms with Gasteiger partial charge in [-0.3, -0.25) is 4.79 Å². The number of hydrogen-bond acceptors (Lipinski definition) is 4. The van der Waals surface area contributed by atoms with Gasteiger partial charge in [-0.05, 0) is 43.3 Å². The fraction of sp³-hybridized carbons (Fsp3) is 0.179. The summed E-state index contributed by atoms with van der Waals surface area (Å²) in [6.45, 7) is 3.14. The maximum atomic E-state index is 13.2. The van der Waals surface area contributed by atoms with Crippen LogP contribution in [0.3, 0.4) is 0 Å². The molecule has 0 saturated carbocycles. The Hall–Kier alpha value is -3.99. The van der Waals surface area contributed by atoms with Gasteiger partial charge in [-0.25, -0.2) is 9.97 Å². The monoisotopic (exact) mass is 435 g/mol. The van der Waals surface area contributed by atoms with Crippen LogP contribution in [-0.4, -0.2) is 34.4 Å². The molecule has 1 amide bonds. The Morgan fingerprint density at radius 3 is 2.30 bits per heavy atom. The lowest BCUT2D eigenvalue weighted by Gasteiger charge is -2.30. The van der Waals surface area contributed by atoms with E-state index in [1.165, 1.54) is 0 Å². The normalized spacial score (nSPS) is 12.8. The zero-order valence-corrected chi connectivity index (χ0v) is 18.8. The number of fused-ring (bicyclic) bond motifs is 1. The number of methoxy groups -OCH3 is 1. The van der Waals surface area contributed by atoms with Crippen LogP contribution in [0.15, 0.2) is 78.9 Å². The molecule has 0 N–H and O–H groups in total. The van der Waals surface area contributed by atoms with Crippen LogP contribution in [0.5, 0.6) is 5.75 Å². The molecule has 4 aromatic rings. The third kappa shape index (κ3) is 4.22. The number of aromatic nitrogens is 2. The second-order valence-corrected chi connectivity index (χ2v) is 8.26. The Morgan fingerprint density at radius 1 is 0.879 bits per heavy atom. The first kappa shape index (κ1) is 20.9. The summed E-state index contributed by atoms with van der Waals surface area (Å²) in [5.74, 6) is 1.54. The van der Waals surface area contributed by atoms with Gasteiger partial charge in [0.2, 0.25) is 0 Å². The first-order valence-corrected chi connectivity index (χ1v) is 11.1. The van der Waals surface area contributed by atoms with E-state index in [1.54, 1.807) is 7.11 Å². The van der Waals surface area contributed by atoms with Gasteiger partial charge in [0.05, 0.1) is 18.5 Å². The van der Waals surface area contributed by atoms with Crippen molar-refractivity contribution >= 4 is 5.91 Å². The van der Waals surface area contributed by atoms with Crippen LogP contribution >= 0.6 is 0 Å². The molecule has 0 atom stereocenters. The fourth-order valence-corrected chi connectivity index (χ4v) is 4.17. The maximum absolute atomic E-state index is 13.2. The van der Waals surface area contributed by atoms with Gasteiger partial charge in [0.25, 0.3) is 5.91 Å². The molecule has 5 rings (SSSR count). The molecular weight excluding hydrogens is 410 g/mol. The molecule has 0 spiro atoms. The zero-order valence-electron chi connectivity index (χ0n) is 18.8. The molecule has 5 heteroatoms. The number of benzene rings is 3. The first-order valence-electron chi connectivity index (χ1n) is 11.1. The van der Waals surface area contributed by atoms with Crippen LogP contribution in [0.2, 0.25) is 0 Å². The van der Waals surface area contributed by atoms with Crippen molar-refractivity contribution in [2.45, 2.75) is 19.9 Å². The van der Waals surface area contributed by atoms with Gasteiger partial charge in [0.1, 0.15) is 5.75 Å². The molecule has 0 saturated heterocycles. The zero-order chi connectivity index (χ0) is 22.8. The van der Waals surface area contributed by atoms with E-state index in [0.717, 1.165) is 39.4 Å². The summed E-state index contributed by atoms with van der Waals surface area (Å²) in [7, 11) is 1.66. The summed E-state index contributed by atoms with van der Waals surface area (Å²) in [4.78, 5) is 25.0. The highest BCUT2D eigenvalue weighted by Crippen LogP contribution is 2.32. The van der Waals surface area contributed by atoms with Crippen LogP contribution in [0.25, 0.3) is 22.6 Å². The van der Waals surface area contributed by atoms with Gasteiger partial charge in [-0.2, -0.15) is 0 Å². The summed E-state index contributed by atoms with van der Waals surface area (Å²) >= 11 is 0. The average molecular weight is 436 g/mol. The largest absolute Gasteiger partial charge is 0.497 e. The van der Waals surface area contributed by atoms with Crippen molar-refractivity contribution in [3.63, 3.8) is 0 Å². The van der Waals surface area contributed by atoms with Gasteiger partial charge in [0.15, 0.2) is 5.82 Å². The molecule has 5 nitrogen and oxygen atoms in total. The first-order chi connectivity index (χ1) is 16.1. The van der Waals surface area contributed by atoms with Crippen molar-refractivity contribution in [1.29, 1.82) is 0 Å². The summed E-state index contributed by atoms with van der Waals surface area (Å²) in [6.07, 6.45) is 0.693. The van der Waals surface area contributed by atoms with Gasteiger partial charge >= 0.3 is 0 Å². The van der Waals surface area contributed by atoms with E-state index in [1.807, 2.05) is 90.7 Å². The summed E-state index contributed by atoms with van der Waals surface area (Å²) < 4.78 is 5.33. The lowest BCUT2D eigenvalue weighted by atomic mass is 9.98. The van der Waals surface area contributed by atoms with Gasteiger partial charge in [-0.15, -0.1) is 0 Å². The van der Waals surface area contributed by atoms with Crippen LogP contribution in [0.1, 0.15) is 27.2 Å². The summed E-state index contributed by atoms with van der Waals surface area (Å²) in [6, 6.07) is 25.7. The Labute approximate surface area is 193 Å². The van der Waals surface area contributed by atoms with Crippen molar-refractivity contribution in [2.75, 3.05) is 13.7 Å². The number of amides is 1. The molecule has 0 unspecified atom stereocenters. The molecule has 164 valence electrons. The summed E-state index contributed by atoms with van der Waals surface area (Å²) in [5, 5.41) is 0. The summed E-state index contributed by atoms with van der Waals surface area (Å²) in [5.41, 5.74) is 6.68. The Morgan fingerprint density at radius 2 is 1.61 bits per heavy atom. The van der Waals surface area contributed by atoms with Crippen molar-refractivity contribution in [1.82, 2.24) is 14.9 Å². The Balaban J connectivity index is 1.56. The number of carbonyl (C=O) groups is 1. The van der Waals surface area contributed by atoms with E-state index in [0.29, 0.717) is 30.9 Å². The van der Waals surface area contributed by atoms with Crippen LogP contribution in [-0.2, 0) is 13.0 Å². The van der Waals surface area contributed by atoms with Crippen LogP contribution < -0.4 is 4.74 Å². The maximum Gasteiger partial charge on any atom is 0.254 e. The third-order valence-corrected chi connectivity index (χ3v) is 6.04. The number of nitrogens with zero attached hydrogens (tertiary/aromatic N) is 3. The van der Waals surface area contributed by atoms with Crippen molar-refractivity contribution in [2.24, 2.45) is 0 Å². The van der Waals surface area contributed by atoms with Crippen LogP contribution in [0, 0.1) is 6.92 Å². The lowest BCUT2D eigenvalue weighted by molar-refractivity contribution is 0.0733. The molecule has 1 aromatic heterocycles. The highest BCUT2D eigenvalue weighted by molar-refractivity contribution is 5.94. The number of aryl methyl sites for hydroxylation is 1. The Bertz CT molecular complexity index is 1280. The molecule has 2 heterocycles. The number of ether oxygens (including phenoxy) is 1. The third-order valence-electron chi connectivity index (χ3n) is 6.04. The predicted octanol–water partition coefficient (Wildman–Crippen LogP) is 5.33. The van der Waals surface area contributed by atoms with Crippen molar-refractivity contribution in [3.8, 4) is 28.4 Å². The van der Waals surface area contributed by atoms with Gasteiger partial charge in [0, 0.05) is 41.8 Å². The van der Waals surface area contributed by atoms with Gasteiger partial charge in [-0.1, -0.05) is 48.0 Å². The smallest absolute Gasteiger partial charge is 0.254 e. The topological polar surface area (TPSA) is 55.3 Å². The predicted molar refractivity (Wildman–Crippen MR) is 129 cm³/mol. The van der Waals surface area contributed by atoms with E-state index in [-0.39, 0.29) is 5.91 Å². The average Bonchev–Trinajstić information content (AvgIpc) is 2.88. The highest BCUT2D eigenvalue weighted by atomic mass is 16.5. The van der Waals surface area contributed by atoms with E-state index in [9.17, 15) is 4.79 Å². The molecule has 3 aromatic carbocycles. The standard InChI is InChI=1S/C28H25N3O2/c1-19-8-10-22(11-9-19)28(32)31-17-16-25-24(18-31)26(20-12-14-23(33-2)15-13-20)30-27(29-25)21-6-4-3-5-7-21/h3-15H,16-18H2,1-2H3. The molecule has 1 aliphatic rings. The number of hydrogen-bond donors (Lipinski definition) is 0. The highest BCUT2D eigenvalue weighted by Gasteiger charge is 2.27. The minimum atomic E-state index is 0.0356. The fourth-order valence-electron chi connectivity index (χ4n) is 4.17. The lowest BCUT2D eigenvalue weighted by Crippen LogP contribution is -2.37. The second kappa shape index (κ2) is 8.87. The van der Waals surface area contributed by atoms with Crippen LogP contribution in [0.4, 0.5) is 0 Å². The van der Waals surface area contributed by atoms with Crippen molar-refractivity contribution in [3.05, 3.63) is 101 Å². The van der Waals surface area contributed by atoms with E-state index < -0.39 is 0 Å². The molecule has 33 heavy (non-hydrogen) atoms. The van der Waals surface area contributed by atoms with E-state index in [4.69, 9.17) is 14.7 Å². The van der Waals surface area contributed by atoms with Gasteiger partial charge < -0.3 is 9.64 Å². The van der Waals surface area contributed by atoms with E-state index >= 15 is 0 Å². The second-order valence-electron chi connectivity index (χ2n) is 8.26. The molecular formula is C28H25N3O2. The Kier molecular flexibility index (Phi) is 5.61.